The minimum absolute atomic E-state index is 0.0808. The summed E-state index contributed by atoms with van der Waals surface area (Å²) < 4.78 is 4.93. The van der Waals surface area contributed by atoms with Gasteiger partial charge < -0.3 is 15.4 Å². The van der Waals surface area contributed by atoms with Crippen molar-refractivity contribution in [2.75, 3.05) is 11.9 Å². The Morgan fingerprint density at radius 2 is 1.73 bits per heavy atom. The molecule has 0 aromatic heterocycles. The highest BCUT2D eigenvalue weighted by Crippen LogP contribution is 2.27. The third kappa shape index (κ3) is 7.02. The van der Waals surface area contributed by atoms with E-state index in [-0.39, 0.29) is 23.0 Å². The van der Waals surface area contributed by atoms with Crippen molar-refractivity contribution in [3.63, 3.8) is 0 Å². The van der Waals surface area contributed by atoms with E-state index in [4.69, 9.17) is 27.9 Å². The van der Waals surface area contributed by atoms with Crippen molar-refractivity contribution in [2.45, 2.75) is 19.4 Å². The monoisotopic (exact) mass is 453 g/mol. The van der Waals surface area contributed by atoms with Crippen LogP contribution in [-0.2, 0) is 19.1 Å². The fourth-order valence-electron chi connectivity index (χ4n) is 2.51. The van der Waals surface area contributed by atoms with Gasteiger partial charge in [0.05, 0.1) is 17.4 Å². The van der Waals surface area contributed by atoms with Crippen molar-refractivity contribution in [1.29, 1.82) is 0 Å². The fraction of sp³-hybridized carbons (Fsp3) is 0.211. The van der Waals surface area contributed by atoms with E-state index in [1.54, 1.807) is 24.3 Å². The van der Waals surface area contributed by atoms with Crippen LogP contribution < -0.4 is 10.6 Å². The van der Waals surface area contributed by atoms with Crippen LogP contribution in [0.2, 0.25) is 10.0 Å². The molecular formula is C19H17Cl2N3O6. The maximum atomic E-state index is 12.1. The van der Waals surface area contributed by atoms with E-state index >= 15 is 0 Å². The fourth-order valence-corrected chi connectivity index (χ4v) is 2.80. The summed E-state index contributed by atoms with van der Waals surface area (Å²) in [6.07, 6.45) is -0.227. The molecule has 11 heteroatoms. The molecule has 0 bridgehead atoms. The second kappa shape index (κ2) is 10.6. The number of anilines is 1. The molecular weight excluding hydrogens is 437 g/mol. The van der Waals surface area contributed by atoms with Gasteiger partial charge in [0.2, 0.25) is 5.91 Å². The molecule has 0 heterocycles. The first-order valence-corrected chi connectivity index (χ1v) is 9.33. The van der Waals surface area contributed by atoms with Gasteiger partial charge in [-0.25, -0.2) is 0 Å². The maximum Gasteiger partial charge on any atom is 0.308 e. The summed E-state index contributed by atoms with van der Waals surface area (Å²) in [5, 5.41) is 16.6. The van der Waals surface area contributed by atoms with Gasteiger partial charge >= 0.3 is 5.97 Å². The van der Waals surface area contributed by atoms with Gasteiger partial charge in [0.1, 0.15) is 5.69 Å². The zero-order valence-electron chi connectivity index (χ0n) is 15.7. The number of rotatable bonds is 8. The number of hydrogen-bond donors (Lipinski definition) is 2. The lowest BCUT2D eigenvalue weighted by atomic mass is 10.0. The number of benzene rings is 2. The first-order chi connectivity index (χ1) is 14.2. The van der Waals surface area contributed by atoms with Crippen molar-refractivity contribution in [3.05, 3.63) is 68.2 Å². The predicted octanol–water partition coefficient (Wildman–Crippen LogP) is 3.65. The molecule has 1 atom stereocenters. The van der Waals surface area contributed by atoms with Crippen LogP contribution in [0, 0.1) is 10.1 Å². The molecule has 0 radical (unpaired) electrons. The third-order valence-corrected chi connectivity index (χ3v) is 4.30. The van der Waals surface area contributed by atoms with E-state index in [2.05, 4.69) is 10.6 Å². The summed E-state index contributed by atoms with van der Waals surface area (Å²) in [6.45, 7) is 0.646. The smallest absolute Gasteiger partial charge is 0.308 e. The Kier molecular flexibility index (Phi) is 8.14. The quantitative estimate of drug-likeness (QED) is 0.356. The van der Waals surface area contributed by atoms with Crippen LogP contribution in [0.25, 0.3) is 0 Å². The van der Waals surface area contributed by atoms with Gasteiger partial charge in [0.15, 0.2) is 6.61 Å². The van der Waals surface area contributed by atoms with E-state index in [0.29, 0.717) is 10.6 Å². The molecule has 158 valence electrons. The van der Waals surface area contributed by atoms with Crippen LogP contribution >= 0.6 is 23.2 Å². The second-order valence-corrected chi connectivity index (χ2v) is 7.01. The summed E-state index contributed by atoms with van der Waals surface area (Å²) in [5.74, 6) is -1.86. The Hall–Kier alpha value is -3.17. The average molecular weight is 454 g/mol. The van der Waals surface area contributed by atoms with Crippen molar-refractivity contribution in [1.82, 2.24) is 5.32 Å². The number of ether oxygens (including phenoxy) is 1. The van der Waals surface area contributed by atoms with Gasteiger partial charge in [-0.05, 0) is 29.8 Å². The maximum absolute atomic E-state index is 12.1. The number of carbonyl (C=O) groups excluding carboxylic acids is 3. The standard InChI is InChI=1S/C19H17Cl2N3O6/c1-11(25)22-16(12-2-4-13(20)5-3-12)9-19(27)30-10-18(26)23-15-7-6-14(21)8-17(15)24(28)29/h2-8,16H,9-10H2,1H3,(H,22,25)(H,23,26). The van der Waals surface area contributed by atoms with E-state index in [0.717, 1.165) is 6.07 Å². The Balaban J connectivity index is 1.97. The van der Waals surface area contributed by atoms with E-state index in [9.17, 15) is 24.5 Å². The number of carbonyl (C=O) groups is 3. The molecule has 2 amide bonds. The number of nitro benzene ring substituents is 1. The van der Waals surface area contributed by atoms with Crippen LogP contribution in [0.4, 0.5) is 11.4 Å². The number of amides is 2. The lowest BCUT2D eigenvalue weighted by Gasteiger charge is -2.17. The zero-order valence-corrected chi connectivity index (χ0v) is 17.2. The van der Waals surface area contributed by atoms with Crippen molar-refractivity contribution < 1.29 is 24.0 Å². The number of nitrogens with zero attached hydrogens (tertiary/aromatic N) is 1. The SMILES string of the molecule is CC(=O)NC(CC(=O)OCC(=O)Nc1ccc(Cl)cc1[N+](=O)[O-])c1ccc(Cl)cc1. The number of hydrogen-bond acceptors (Lipinski definition) is 6. The largest absolute Gasteiger partial charge is 0.455 e. The average Bonchev–Trinajstić information content (AvgIpc) is 2.67. The van der Waals surface area contributed by atoms with Crippen molar-refractivity contribution in [3.8, 4) is 0 Å². The van der Waals surface area contributed by atoms with Gasteiger partial charge in [0.25, 0.3) is 11.6 Å². The molecule has 0 aliphatic rings. The topological polar surface area (TPSA) is 128 Å². The summed E-state index contributed by atoms with van der Waals surface area (Å²) >= 11 is 11.6. The zero-order chi connectivity index (χ0) is 22.3. The van der Waals surface area contributed by atoms with Gasteiger partial charge in [-0.2, -0.15) is 0 Å². The van der Waals surface area contributed by atoms with Crippen LogP contribution in [-0.4, -0.2) is 29.3 Å². The molecule has 2 N–H and O–H groups in total. The van der Waals surface area contributed by atoms with Crippen LogP contribution in [0.1, 0.15) is 24.9 Å². The second-order valence-electron chi connectivity index (χ2n) is 6.14. The lowest BCUT2D eigenvalue weighted by Crippen LogP contribution is -2.29. The molecule has 0 fully saturated rings. The van der Waals surface area contributed by atoms with Crippen LogP contribution in [0.15, 0.2) is 42.5 Å². The Bertz CT molecular complexity index is 965. The number of halogens is 2. The van der Waals surface area contributed by atoms with Crippen molar-refractivity contribution in [2.24, 2.45) is 0 Å². The summed E-state index contributed by atoms with van der Waals surface area (Å²) in [7, 11) is 0. The van der Waals surface area contributed by atoms with E-state index < -0.39 is 35.1 Å². The number of nitrogens with one attached hydrogen (secondary N) is 2. The Morgan fingerprint density at radius 3 is 2.33 bits per heavy atom. The highest BCUT2D eigenvalue weighted by Gasteiger charge is 2.20. The molecule has 0 saturated heterocycles. The van der Waals surface area contributed by atoms with Gasteiger partial charge in [-0.15, -0.1) is 0 Å². The highest BCUT2D eigenvalue weighted by molar-refractivity contribution is 6.31. The molecule has 0 aliphatic heterocycles. The molecule has 9 nitrogen and oxygen atoms in total. The van der Waals surface area contributed by atoms with Gasteiger partial charge in [-0.1, -0.05) is 35.3 Å². The number of esters is 1. The first kappa shape index (κ1) is 23.1. The first-order valence-electron chi connectivity index (χ1n) is 8.57. The summed E-state index contributed by atoms with van der Waals surface area (Å²) in [6, 6.07) is 9.60. The highest BCUT2D eigenvalue weighted by atomic mass is 35.5. The Morgan fingerprint density at radius 1 is 1.10 bits per heavy atom. The summed E-state index contributed by atoms with van der Waals surface area (Å²) in [4.78, 5) is 46.0. The van der Waals surface area contributed by atoms with Gasteiger partial charge in [0, 0.05) is 23.0 Å². The van der Waals surface area contributed by atoms with Crippen LogP contribution in [0.5, 0.6) is 0 Å². The number of nitro groups is 1. The molecule has 0 spiro atoms. The predicted molar refractivity (Wildman–Crippen MR) is 110 cm³/mol. The molecule has 2 aromatic rings. The third-order valence-electron chi connectivity index (χ3n) is 3.82. The lowest BCUT2D eigenvalue weighted by molar-refractivity contribution is -0.383. The van der Waals surface area contributed by atoms with Crippen molar-refractivity contribution >= 4 is 52.4 Å². The van der Waals surface area contributed by atoms with E-state index in [1.807, 2.05) is 0 Å². The normalized spacial score (nSPS) is 11.3. The van der Waals surface area contributed by atoms with Crippen LogP contribution in [0.3, 0.4) is 0 Å². The molecule has 2 aromatic carbocycles. The summed E-state index contributed by atoms with van der Waals surface area (Å²) in [5.41, 5.74) is 0.158. The molecule has 0 saturated carbocycles. The minimum atomic E-state index is -0.767. The Labute approximate surface area is 181 Å². The minimum Gasteiger partial charge on any atom is -0.455 e. The molecule has 2 rings (SSSR count). The molecule has 1 unspecified atom stereocenters. The molecule has 0 aliphatic carbocycles. The van der Waals surface area contributed by atoms with E-state index in [1.165, 1.54) is 19.1 Å². The molecule has 30 heavy (non-hydrogen) atoms. The van der Waals surface area contributed by atoms with Gasteiger partial charge in [-0.3, -0.25) is 24.5 Å².